The lowest BCUT2D eigenvalue weighted by atomic mass is 9.99. The van der Waals surface area contributed by atoms with E-state index in [-0.39, 0.29) is 23.9 Å². The summed E-state index contributed by atoms with van der Waals surface area (Å²) in [6, 6.07) is 8.65. The van der Waals surface area contributed by atoms with Gasteiger partial charge in [-0.15, -0.1) is 0 Å². The Kier molecular flexibility index (Phi) is 5.40. The summed E-state index contributed by atoms with van der Waals surface area (Å²) in [7, 11) is 0. The first-order chi connectivity index (χ1) is 9.97. The summed E-state index contributed by atoms with van der Waals surface area (Å²) in [5, 5.41) is 3.11. The summed E-state index contributed by atoms with van der Waals surface area (Å²) in [6.07, 6.45) is 4.05. The lowest BCUT2D eigenvalue weighted by Gasteiger charge is -2.20. The van der Waals surface area contributed by atoms with Crippen LogP contribution in [0.5, 0.6) is 0 Å². The molecule has 1 aromatic carbocycles. The Labute approximate surface area is 128 Å². The number of amides is 1. The number of hydrogen-bond acceptors (Lipinski definition) is 2. The highest BCUT2D eigenvalue weighted by molar-refractivity contribution is 5.80. The molecule has 2 rings (SSSR count). The van der Waals surface area contributed by atoms with Crippen molar-refractivity contribution < 1.29 is 4.79 Å². The Morgan fingerprint density at radius 3 is 2.43 bits per heavy atom. The molecule has 0 heterocycles. The molecule has 1 aliphatic rings. The predicted molar refractivity (Wildman–Crippen MR) is 86.9 cm³/mol. The van der Waals surface area contributed by atoms with Gasteiger partial charge in [-0.05, 0) is 43.2 Å². The van der Waals surface area contributed by atoms with E-state index in [1.54, 1.807) is 0 Å². The molecule has 1 saturated carbocycles. The second-order valence-electron chi connectivity index (χ2n) is 6.77. The number of nitrogens with two attached hydrogens (primary N) is 1. The summed E-state index contributed by atoms with van der Waals surface area (Å²) < 4.78 is 0. The minimum Gasteiger partial charge on any atom is -0.349 e. The molecule has 0 aliphatic heterocycles. The van der Waals surface area contributed by atoms with Gasteiger partial charge in [0.25, 0.3) is 0 Å². The molecule has 1 aromatic rings. The molecular formula is C18H28N2O. The lowest BCUT2D eigenvalue weighted by molar-refractivity contribution is -0.125. The summed E-state index contributed by atoms with van der Waals surface area (Å²) >= 11 is 0. The van der Waals surface area contributed by atoms with Gasteiger partial charge in [0.2, 0.25) is 5.91 Å². The van der Waals surface area contributed by atoms with Gasteiger partial charge in [0.1, 0.15) is 0 Å². The third-order valence-electron chi connectivity index (χ3n) is 4.39. The van der Waals surface area contributed by atoms with Crippen LogP contribution in [0.3, 0.4) is 0 Å². The Balaban J connectivity index is 1.93. The van der Waals surface area contributed by atoms with Crippen molar-refractivity contribution in [2.75, 3.05) is 0 Å². The SMILES string of the molecule is CC(C)Cc1ccc(C(C)NC(=O)C2CCCC2N)cc1. The molecule has 0 saturated heterocycles. The maximum Gasteiger partial charge on any atom is 0.225 e. The topological polar surface area (TPSA) is 55.1 Å². The van der Waals surface area contributed by atoms with E-state index in [0.717, 1.165) is 31.2 Å². The molecule has 3 heteroatoms. The van der Waals surface area contributed by atoms with Crippen LogP contribution in [0.1, 0.15) is 57.2 Å². The van der Waals surface area contributed by atoms with Crippen molar-refractivity contribution in [3.05, 3.63) is 35.4 Å². The Morgan fingerprint density at radius 1 is 1.24 bits per heavy atom. The number of rotatable bonds is 5. The number of carbonyl (C=O) groups excluding carboxylic acids is 1. The van der Waals surface area contributed by atoms with E-state index in [9.17, 15) is 4.79 Å². The molecule has 0 bridgehead atoms. The van der Waals surface area contributed by atoms with Crippen LogP contribution >= 0.6 is 0 Å². The molecular weight excluding hydrogens is 260 g/mol. The Hall–Kier alpha value is -1.35. The van der Waals surface area contributed by atoms with Crippen LogP contribution in [0, 0.1) is 11.8 Å². The van der Waals surface area contributed by atoms with Gasteiger partial charge >= 0.3 is 0 Å². The summed E-state index contributed by atoms with van der Waals surface area (Å²) in [6.45, 7) is 6.49. The highest BCUT2D eigenvalue weighted by atomic mass is 16.2. The van der Waals surface area contributed by atoms with Gasteiger partial charge in [-0.1, -0.05) is 44.5 Å². The van der Waals surface area contributed by atoms with Crippen LogP contribution in [0.25, 0.3) is 0 Å². The second kappa shape index (κ2) is 7.08. The quantitative estimate of drug-likeness (QED) is 0.874. The predicted octanol–water partition coefficient (Wildman–Crippen LogP) is 3.19. The standard InChI is InChI=1S/C18H28N2O/c1-12(2)11-14-7-9-15(10-8-14)13(3)20-18(21)16-5-4-6-17(16)19/h7-10,12-13,16-17H,4-6,11,19H2,1-3H3,(H,20,21). The lowest BCUT2D eigenvalue weighted by Crippen LogP contribution is -2.39. The molecule has 1 aliphatic carbocycles. The van der Waals surface area contributed by atoms with Crippen LogP contribution in [-0.4, -0.2) is 11.9 Å². The largest absolute Gasteiger partial charge is 0.349 e. The number of hydrogen-bond donors (Lipinski definition) is 2. The van der Waals surface area contributed by atoms with Crippen molar-refractivity contribution >= 4 is 5.91 Å². The normalized spacial score (nSPS) is 23.3. The van der Waals surface area contributed by atoms with Gasteiger partial charge in [-0.25, -0.2) is 0 Å². The minimum atomic E-state index is -0.00679. The third-order valence-corrected chi connectivity index (χ3v) is 4.39. The van der Waals surface area contributed by atoms with Crippen LogP contribution in [0.4, 0.5) is 0 Å². The van der Waals surface area contributed by atoms with Crippen LogP contribution < -0.4 is 11.1 Å². The van der Waals surface area contributed by atoms with Crippen molar-refractivity contribution in [1.29, 1.82) is 0 Å². The number of nitrogens with one attached hydrogen (secondary N) is 1. The van der Waals surface area contributed by atoms with Crippen LogP contribution in [0.15, 0.2) is 24.3 Å². The monoisotopic (exact) mass is 288 g/mol. The van der Waals surface area contributed by atoms with Gasteiger partial charge in [0.05, 0.1) is 12.0 Å². The first-order valence-electron chi connectivity index (χ1n) is 8.12. The van der Waals surface area contributed by atoms with E-state index in [0.29, 0.717) is 5.92 Å². The highest BCUT2D eigenvalue weighted by Gasteiger charge is 2.30. The number of benzene rings is 1. The third kappa shape index (κ3) is 4.31. The van der Waals surface area contributed by atoms with Gasteiger partial charge in [-0.3, -0.25) is 4.79 Å². The molecule has 0 radical (unpaired) electrons. The zero-order valence-electron chi connectivity index (χ0n) is 13.4. The van der Waals surface area contributed by atoms with Crippen molar-refractivity contribution in [2.45, 2.75) is 58.5 Å². The second-order valence-corrected chi connectivity index (χ2v) is 6.77. The summed E-state index contributed by atoms with van der Waals surface area (Å²) in [5.41, 5.74) is 8.51. The first-order valence-corrected chi connectivity index (χ1v) is 8.12. The van der Waals surface area contributed by atoms with Gasteiger partial charge in [0, 0.05) is 6.04 Å². The van der Waals surface area contributed by atoms with Gasteiger partial charge < -0.3 is 11.1 Å². The molecule has 0 aromatic heterocycles. The maximum absolute atomic E-state index is 12.3. The number of carbonyl (C=O) groups is 1. The fourth-order valence-electron chi connectivity index (χ4n) is 3.13. The molecule has 1 amide bonds. The van der Waals surface area contributed by atoms with E-state index >= 15 is 0 Å². The summed E-state index contributed by atoms with van der Waals surface area (Å²) in [5.74, 6) is 0.767. The fourth-order valence-corrected chi connectivity index (χ4v) is 3.13. The van der Waals surface area contributed by atoms with E-state index < -0.39 is 0 Å². The average molecular weight is 288 g/mol. The van der Waals surface area contributed by atoms with Crippen molar-refractivity contribution in [3.63, 3.8) is 0 Å². The minimum absolute atomic E-state index is 0.00679. The molecule has 3 nitrogen and oxygen atoms in total. The Morgan fingerprint density at radius 2 is 1.90 bits per heavy atom. The average Bonchev–Trinajstić information content (AvgIpc) is 2.85. The van der Waals surface area contributed by atoms with Crippen molar-refractivity contribution in [1.82, 2.24) is 5.32 Å². The molecule has 3 N–H and O–H groups in total. The molecule has 1 fully saturated rings. The van der Waals surface area contributed by atoms with Crippen molar-refractivity contribution in [2.24, 2.45) is 17.6 Å². The zero-order chi connectivity index (χ0) is 15.4. The zero-order valence-corrected chi connectivity index (χ0v) is 13.4. The van der Waals surface area contributed by atoms with E-state index in [1.807, 2.05) is 6.92 Å². The molecule has 3 atom stereocenters. The Bertz CT molecular complexity index is 467. The molecule has 3 unspecified atom stereocenters. The fraction of sp³-hybridized carbons (Fsp3) is 0.611. The van der Waals surface area contributed by atoms with Crippen molar-refractivity contribution in [3.8, 4) is 0 Å². The van der Waals surface area contributed by atoms with Crippen LogP contribution in [0.2, 0.25) is 0 Å². The van der Waals surface area contributed by atoms with E-state index in [1.165, 1.54) is 5.56 Å². The molecule has 0 spiro atoms. The maximum atomic E-state index is 12.3. The highest BCUT2D eigenvalue weighted by Crippen LogP contribution is 2.25. The van der Waals surface area contributed by atoms with Gasteiger partial charge in [0.15, 0.2) is 0 Å². The smallest absolute Gasteiger partial charge is 0.225 e. The molecule has 116 valence electrons. The summed E-state index contributed by atoms with van der Waals surface area (Å²) in [4.78, 5) is 12.3. The van der Waals surface area contributed by atoms with E-state index in [4.69, 9.17) is 5.73 Å². The van der Waals surface area contributed by atoms with Gasteiger partial charge in [-0.2, -0.15) is 0 Å². The van der Waals surface area contributed by atoms with Crippen LogP contribution in [-0.2, 0) is 11.2 Å². The van der Waals surface area contributed by atoms with E-state index in [2.05, 4.69) is 43.4 Å². The first kappa shape index (κ1) is 16.0. The molecule has 21 heavy (non-hydrogen) atoms.